The van der Waals surface area contributed by atoms with Crippen molar-refractivity contribution in [2.45, 2.75) is 18.9 Å². The van der Waals surface area contributed by atoms with Crippen LogP contribution >= 0.6 is 0 Å². The van der Waals surface area contributed by atoms with Gasteiger partial charge in [-0.3, -0.25) is 14.5 Å². The fourth-order valence-electron chi connectivity index (χ4n) is 1.92. The van der Waals surface area contributed by atoms with Gasteiger partial charge < -0.3 is 5.11 Å². The number of amides is 2. The van der Waals surface area contributed by atoms with Crippen molar-refractivity contribution in [2.75, 3.05) is 0 Å². The molecule has 0 aliphatic carbocycles. The number of imide groups is 1. The summed E-state index contributed by atoms with van der Waals surface area (Å²) in [5, 5.41) is 9.18. The van der Waals surface area contributed by atoms with Crippen LogP contribution in [0.1, 0.15) is 24.4 Å². The van der Waals surface area contributed by atoms with Gasteiger partial charge in [0.05, 0.1) is 0 Å². The van der Waals surface area contributed by atoms with Gasteiger partial charge >= 0.3 is 5.97 Å². The van der Waals surface area contributed by atoms with Crippen LogP contribution in [0.3, 0.4) is 0 Å². The molecule has 2 rings (SSSR count). The molecule has 1 heterocycles. The minimum Gasteiger partial charge on any atom is -0.479 e. The molecule has 0 spiro atoms. The Bertz CT molecular complexity index is 453. The molecular formula is C12H11NO4. The van der Waals surface area contributed by atoms with E-state index in [1.807, 2.05) is 0 Å². The summed E-state index contributed by atoms with van der Waals surface area (Å²) >= 11 is 0. The molecule has 5 heteroatoms. The number of aliphatic carboxylic acids is 1. The number of hydrogen-bond acceptors (Lipinski definition) is 3. The molecule has 5 nitrogen and oxygen atoms in total. The average molecular weight is 233 g/mol. The van der Waals surface area contributed by atoms with E-state index in [2.05, 4.69) is 0 Å². The van der Waals surface area contributed by atoms with Crippen LogP contribution in [-0.4, -0.2) is 27.8 Å². The molecule has 2 amide bonds. The highest BCUT2D eigenvalue weighted by molar-refractivity contribution is 6.05. The van der Waals surface area contributed by atoms with Crippen molar-refractivity contribution >= 4 is 17.8 Å². The lowest BCUT2D eigenvalue weighted by molar-refractivity contribution is -0.154. The Kier molecular flexibility index (Phi) is 2.91. The normalized spacial score (nSPS) is 17.3. The fraction of sp³-hybridized carbons (Fsp3) is 0.250. The van der Waals surface area contributed by atoms with E-state index in [4.69, 9.17) is 0 Å². The summed E-state index contributed by atoms with van der Waals surface area (Å²) in [6.07, 6.45) is 0.185. The third kappa shape index (κ3) is 2.04. The molecule has 0 aromatic heterocycles. The van der Waals surface area contributed by atoms with Gasteiger partial charge in [-0.05, 0) is 5.56 Å². The Morgan fingerprint density at radius 2 is 1.65 bits per heavy atom. The lowest BCUT2D eigenvalue weighted by Gasteiger charge is -2.22. The standard InChI is InChI=1S/C12H11NO4/c14-9-6-7-10(15)13(9)11(12(16)17)8-4-2-1-3-5-8/h1-5,11H,6-7H2,(H,16,17)/t11-/m1/s1. The predicted molar refractivity (Wildman–Crippen MR) is 57.9 cm³/mol. The van der Waals surface area contributed by atoms with Crippen LogP contribution in [0.5, 0.6) is 0 Å². The molecule has 1 saturated heterocycles. The Hall–Kier alpha value is -2.17. The average Bonchev–Trinajstić information content (AvgIpc) is 2.62. The summed E-state index contributed by atoms with van der Waals surface area (Å²) in [4.78, 5) is 35.2. The van der Waals surface area contributed by atoms with Crippen LogP contribution in [0.2, 0.25) is 0 Å². The van der Waals surface area contributed by atoms with Gasteiger partial charge in [-0.15, -0.1) is 0 Å². The number of rotatable bonds is 3. The van der Waals surface area contributed by atoms with Gasteiger partial charge in [0, 0.05) is 12.8 Å². The molecule has 1 N–H and O–H groups in total. The zero-order valence-electron chi connectivity index (χ0n) is 9.00. The van der Waals surface area contributed by atoms with Crippen LogP contribution in [0.15, 0.2) is 30.3 Å². The lowest BCUT2D eigenvalue weighted by Crippen LogP contribution is -2.37. The van der Waals surface area contributed by atoms with Gasteiger partial charge in [-0.2, -0.15) is 0 Å². The van der Waals surface area contributed by atoms with Gasteiger partial charge in [0.25, 0.3) is 0 Å². The third-order valence-corrected chi connectivity index (χ3v) is 2.70. The van der Waals surface area contributed by atoms with Crippen LogP contribution in [0.4, 0.5) is 0 Å². The maximum absolute atomic E-state index is 11.5. The van der Waals surface area contributed by atoms with Crippen LogP contribution in [0, 0.1) is 0 Å². The van der Waals surface area contributed by atoms with Gasteiger partial charge in [-0.25, -0.2) is 4.79 Å². The van der Waals surface area contributed by atoms with Crippen molar-refractivity contribution in [3.05, 3.63) is 35.9 Å². The molecule has 1 fully saturated rings. The van der Waals surface area contributed by atoms with Gasteiger partial charge in [0.15, 0.2) is 6.04 Å². The van der Waals surface area contributed by atoms with E-state index in [9.17, 15) is 19.5 Å². The summed E-state index contributed by atoms with van der Waals surface area (Å²) in [6.45, 7) is 0. The number of carboxylic acids is 1. The van der Waals surface area contributed by atoms with Gasteiger partial charge in [0.2, 0.25) is 11.8 Å². The summed E-state index contributed by atoms with van der Waals surface area (Å²) in [5.74, 6) is -2.04. The number of likely N-dealkylation sites (tertiary alicyclic amines) is 1. The van der Waals surface area contributed by atoms with E-state index in [1.165, 1.54) is 0 Å². The maximum Gasteiger partial charge on any atom is 0.331 e. The number of benzene rings is 1. The molecule has 1 aromatic rings. The largest absolute Gasteiger partial charge is 0.479 e. The lowest BCUT2D eigenvalue weighted by atomic mass is 10.1. The first-order valence-electron chi connectivity index (χ1n) is 5.24. The zero-order chi connectivity index (χ0) is 12.4. The van der Waals surface area contributed by atoms with Crippen LogP contribution in [0.25, 0.3) is 0 Å². The monoisotopic (exact) mass is 233 g/mol. The third-order valence-electron chi connectivity index (χ3n) is 2.70. The molecule has 1 aromatic carbocycles. The zero-order valence-corrected chi connectivity index (χ0v) is 9.00. The summed E-state index contributed by atoms with van der Waals surface area (Å²) in [5.41, 5.74) is 0.434. The van der Waals surface area contributed by atoms with Crippen molar-refractivity contribution < 1.29 is 19.5 Å². The number of carboxylic acid groups (broad SMARTS) is 1. The van der Waals surface area contributed by atoms with Crippen molar-refractivity contribution in [3.63, 3.8) is 0 Å². The molecule has 0 radical (unpaired) electrons. The maximum atomic E-state index is 11.5. The molecule has 17 heavy (non-hydrogen) atoms. The van der Waals surface area contributed by atoms with Crippen molar-refractivity contribution in [2.24, 2.45) is 0 Å². The van der Waals surface area contributed by atoms with Gasteiger partial charge in [-0.1, -0.05) is 30.3 Å². The molecule has 88 valence electrons. The van der Waals surface area contributed by atoms with E-state index in [1.54, 1.807) is 30.3 Å². The first-order chi connectivity index (χ1) is 8.11. The summed E-state index contributed by atoms with van der Waals surface area (Å²) in [7, 11) is 0. The van der Waals surface area contributed by atoms with E-state index in [-0.39, 0.29) is 12.8 Å². The number of carbonyl (C=O) groups is 3. The van der Waals surface area contributed by atoms with E-state index >= 15 is 0 Å². The highest BCUT2D eigenvalue weighted by atomic mass is 16.4. The van der Waals surface area contributed by atoms with E-state index < -0.39 is 23.8 Å². The second kappa shape index (κ2) is 4.37. The van der Waals surface area contributed by atoms with Crippen molar-refractivity contribution in [1.82, 2.24) is 4.90 Å². The number of hydrogen-bond donors (Lipinski definition) is 1. The first-order valence-corrected chi connectivity index (χ1v) is 5.24. The quantitative estimate of drug-likeness (QED) is 0.789. The SMILES string of the molecule is O=C(O)[C@@H](c1ccccc1)N1C(=O)CCC1=O. The Morgan fingerprint density at radius 3 is 2.12 bits per heavy atom. The van der Waals surface area contributed by atoms with Crippen LogP contribution < -0.4 is 0 Å². The van der Waals surface area contributed by atoms with Gasteiger partial charge in [0.1, 0.15) is 0 Å². The number of nitrogens with zero attached hydrogens (tertiary/aromatic N) is 1. The minimum atomic E-state index is -1.21. The predicted octanol–water partition coefficient (Wildman–Crippen LogP) is 0.961. The second-order valence-corrected chi connectivity index (χ2v) is 3.81. The van der Waals surface area contributed by atoms with Crippen LogP contribution in [-0.2, 0) is 14.4 Å². The van der Waals surface area contributed by atoms with E-state index in [0.29, 0.717) is 5.56 Å². The minimum absolute atomic E-state index is 0.0927. The summed E-state index contributed by atoms with van der Waals surface area (Å²) in [6, 6.07) is 7.08. The Morgan fingerprint density at radius 1 is 1.12 bits per heavy atom. The molecule has 1 aliphatic heterocycles. The highest BCUT2D eigenvalue weighted by Crippen LogP contribution is 2.26. The molecule has 0 bridgehead atoms. The molecule has 0 saturated carbocycles. The first kappa shape index (κ1) is 11.3. The van der Waals surface area contributed by atoms with E-state index in [0.717, 1.165) is 4.90 Å². The Balaban J connectivity index is 2.40. The molecular weight excluding hydrogens is 222 g/mol. The highest BCUT2D eigenvalue weighted by Gasteiger charge is 2.39. The summed E-state index contributed by atoms with van der Waals surface area (Å²) < 4.78 is 0. The second-order valence-electron chi connectivity index (χ2n) is 3.81. The van der Waals surface area contributed by atoms with Crippen molar-refractivity contribution in [1.29, 1.82) is 0 Å². The van der Waals surface area contributed by atoms with Crippen molar-refractivity contribution in [3.8, 4) is 0 Å². The fourth-order valence-corrected chi connectivity index (χ4v) is 1.92. The number of carbonyl (C=O) groups excluding carboxylic acids is 2. The molecule has 0 unspecified atom stereocenters. The smallest absolute Gasteiger partial charge is 0.331 e. The topological polar surface area (TPSA) is 74.7 Å². The molecule has 1 aliphatic rings. The Labute approximate surface area is 97.7 Å². The molecule has 1 atom stereocenters.